The fourth-order valence-corrected chi connectivity index (χ4v) is 1.45. The molecule has 11 heavy (non-hydrogen) atoms. The highest BCUT2D eigenvalue weighted by Crippen LogP contribution is 2.16. The van der Waals surface area contributed by atoms with Crippen molar-refractivity contribution < 1.29 is 4.79 Å². The molecule has 0 spiro atoms. The fraction of sp³-hybridized carbons (Fsp3) is 0. The summed E-state index contributed by atoms with van der Waals surface area (Å²) in [5.74, 6) is 0. The summed E-state index contributed by atoms with van der Waals surface area (Å²) in [6.07, 6.45) is 1.54. The van der Waals surface area contributed by atoms with Gasteiger partial charge in [-0.3, -0.25) is 4.79 Å². The van der Waals surface area contributed by atoms with E-state index in [-0.39, 0.29) is 5.03 Å². The summed E-state index contributed by atoms with van der Waals surface area (Å²) in [6.45, 7) is 0. The van der Waals surface area contributed by atoms with E-state index < -0.39 is 5.24 Å². The van der Waals surface area contributed by atoms with Gasteiger partial charge in [-0.25, -0.2) is 0 Å². The first-order chi connectivity index (χ1) is 5.20. The van der Waals surface area contributed by atoms with Crippen molar-refractivity contribution in [3.63, 3.8) is 0 Å². The van der Waals surface area contributed by atoms with Crippen molar-refractivity contribution >= 4 is 45.9 Å². The smallest absolute Gasteiger partial charge is 0.263 e. The van der Waals surface area contributed by atoms with Crippen LogP contribution in [0.15, 0.2) is 22.5 Å². The Bertz CT molecular complexity index is 277. The van der Waals surface area contributed by atoms with Crippen molar-refractivity contribution in [2.75, 3.05) is 0 Å². The molecule has 0 aliphatic rings. The average molecular weight is 207 g/mol. The van der Waals surface area contributed by atoms with Crippen LogP contribution in [0, 0.1) is 0 Å². The molecule has 58 valence electrons. The van der Waals surface area contributed by atoms with Crippen LogP contribution in [-0.4, -0.2) is 5.24 Å². The molecule has 0 amide bonds. The Labute approximate surface area is 78.2 Å². The number of hydrogen-bond donors (Lipinski definition) is 0. The van der Waals surface area contributed by atoms with Crippen molar-refractivity contribution in [3.8, 4) is 0 Å². The van der Waals surface area contributed by atoms with Crippen LogP contribution < -0.4 is 0 Å². The largest absolute Gasteiger partial charge is 0.275 e. The van der Waals surface area contributed by atoms with E-state index in [1.165, 1.54) is 11.3 Å². The van der Waals surface area contributed by atoms with Crippen molar-refractivity contribution in [2.45, 2.75) is 0 Å². The van der Waals surface area contributed by atoms with E-state index in [9.17, 15) is 4.79 Å². The number of allylic oxidation sites excluding steroid dienone is 1. The lowest BCUT2D eigenvalue weighted by atomic mass is 10.4. The molecule has 0 bridgehead atoms. The topological polar surface area (TPSA) is 17.1 Å². The summed E-state index contributed by atoms with van der Waals surface area (Å²) in [5, 5.41) is 1.32. The van der Waals surface area contributed by atoms with Gasteiger partial charge in [-0.15, -0.1) is 11.3 Å². The summed E-state index contributed by atoms with van der Waals surface area (Å²) in [7, 11) is 0. The molecule has 0 aliphatic heterocycles. The lowest BCUT2D eigenvalue weighted by molar-refractivity contribution is -0.107. The molecule has 0 N–H and O–H groups in total. The standard InChI is InChI=1S/C7H4Cl2OS/c8-6(7(9)10)4-5-2-1-3-11-5/h1-4H/b6-4+. The number of thiophene rings is 1. The van der Waals surface area contributed by atoms with E-state index in [0.29, 0.717) is 0 Å². The number of carbonyl (C=O) groups is 1. The van der Waals surface area contributed by atoms with Gasteiger partial charge in [-0.2, -0.15) is 0 Å². The van der Waals surface area contributed by atoms with Gasteiger partial charge < -0.3 is 0 Å². The molecule has 1 nitrogen and oxygen atoms in total. The average Bonchev–Trinajstić information content (AvgIpc) is 2.39. The zero-order chi connectivity index (χ0) is 8.27. The van der Waals surface area contributed by atoms with Crippen LogP contribution in [-0.2, 0) is 4.79 Å². The zero-order valence-corrected chi connectivity index (χ0v) is 7.71. The number of carbonyl (C=O) groups excluding carboxylic acids is 1. The third-order valence-corrected chi connectivity index (χ3v) is 2.40. The lowest BCUT2D eigenvalue weighted by Gasteiger charge is -1.86. The van der Waals surface area contributed by atoms with Gasteiger partial charge in [0.15, 0.2) is 0 Å². The van der Waals surface area contributed by atoms with Crippen LogP contribution in [0.25, 0.3) is 6.08 Å². The third-order valence-electron chi connectivity index (χ3n) is 1.000. The van der Waals surface area contributed by atoms with Gasteiger partial charge >= 0.3 is 0 Å². The van der Waals surface area contributed by atoms with Crippen LogP contribution in [0.5, 0.6) is 0 Å². The first-order valence-corrected chi connectivity index (χ1v) is 4.44. The van der Waals surface area contributed by atoms with Crippen LogP contribution in [0.3, 0.4) is 0 Å². The van der Waals surface area contributed by atoms with E-state index in [4.69, 9.17) is 23.2 Å². The first-order valence-electron chi connectivity index (χ1n) is 2.80. The third kappa shape index (κ3) is 2.66. The van der Waals surface area contributed by atoms with Crippen LogP contribution in [0.2, 0.25) is 0 Å². The van der Waals surface area contributed by atoms with Gasteiger partial charge in [0.1, 0.15) is 5.03 Å². The molecule has 4 heteroatoms. The summed E-state index contributed by atoms with van der Waals surface area (Å²) in [5.41, 5.74) is 0. The maximum absolute atomic E-state index is 10.4. The minimum atomic E-state index is -0.625. The molecule has 0 saturated carbocycles. The predicted octanol–water partition coefficient (Wildman–Crippen LogP) is 3.09. The molecule has 1 aromatic heterocycles. The molecule has 1 aromatic rings. The first kappa shape index (κ1) is 8.78. The molecule has 0 aromatic carbocycles. The maximum Gasteiger partial charge on any atom is 0.263 e. The second kappa shape index (κ2) is 3.90. The fourth-order valence-electron chi connectivity index (χ4n) is 0.555. The SMILES string of the molecule is O=C(Cl)/C(Cl)=C\c1cccs1. The van der Waals surface area contributed by atoms with Gasteiger partial charge in [-0.1, -0.05) is 17.7 Å². The van der Waals surface area contributed by atoms with Crippen LogP contribution in [0.4, 0.5) is 0 Å². The Hall–Kier alpha value is -0.310. The Morgan fingerprint density at radius 2 is 2.27 bits per heavy atom. The van der Waals surface area contributed by atoms with E-state index in [2.05, 4.69) is 0 Å². The molecule has 0 unspecified atom stereocenters. The van der Waals surface area contributed by atoms with E-state index >= 15 is 0 Å². The highest BCUT2D eigenvalue weighted by Gasteiger charge is 2.01. The second-order valence-electron chi connectivity index (χ2n) is 1.78. The van der Waals surface area contributed by atoms with Gasteiger partial charge in [0.25, 0.3) is 5.24 Å². The van der Waals surface area contributed by atoms with E-state index in [1.54, 1.807) is 6.08 Å². The van der Waals surface area contributed by atoms with Gasteiger partial charge in [0, 0.05) is 4.88 Å². The Kier molecular flexibility index (Phi) is 3.12. The van der Waals surface area contributed by atoms with Gasteiger partial charge in [0.05, 0.1) is 0 Å². The normalized spacial score (nSPS) is 11.6. The van der Waals surface area contributed by atoms with Crippen LogP contribution in [0.1, 0.15) is 4.88 Å². The summed E-state index contributed by atoms with van der Waals surface area (Å²) < 4.78 is 0. The van der Waals surface area contributed by atoms with Gasteiger partial charge in [-0.05, 0) is 29.1 Å². The summed E-state index contributed by atoms with van der Waals surface area (Å²) >= 11 is 12.1. The van der Waals surface area contributed by atoms with Crippen molar-refractivity contribution in [3.05, 3.63) is 27.4 Å². The summed E-state index contributed by atoms with van der Waals surface area (Å²) in [4.78, 5) is 11.4. The Balaban J connectivity index is 2.82. The second-order valence-corrected chi connectivity index (χ2v) is 3.51. The number of hydrogen-bond acceptors (Lipinski definition) is 2. The quantitative estimate of drug-likeness (QED) is 0.537. The van der Waals surface area contributed by atoms with E-state index in [1.807, 2.05) is 17.5 Å². The van der Waals surface area contributed by atoms with Crippen LogP contribution >= 0.6 is 34.5 Å². The zero-order valence-electron chi connectivity index (χ0n) is 5.38. The maximum atomic E-state index is 10.4. The highest BCUT2D eigenvalue weighted by molar-refractivity contribution is 7.11. The predicted molar refractivity (Wildman–Crippen MR) is 49.0 cm³/mol. The number of halogens is 2. The molecule has 1 rings (SSSR count). The van der Waals surface area contributed by atoms with Crippen molar-refractivity contribution in [1.82, 2.24) is 0 Å². The van der Waals surface area contributed by atoms with Crippen molar-refractivity contribution in [2.24, 2.45) is 0 Å². The molecular weight excluding hydrogens is 203 g/mol. The highest BCUT2D eigenvalue weighted by atomic mass is 35.5. The molecule has 0 fully saturated rings. The molecule has 0 aliphatic carbocycles. The van der Waals surface area contributed by atoms with Crippen molar-refractivity contribution in [1.29, 1.82) is 0 Å². The van der Waals surface area contributed by atoms with E-state index in [0.717, 1.165) is 4.88 Å². The summed E-state index contributed by atoms with van der Waals surface area (Å²) in [6, 6.07) is 3.73. The minimum Gasteiger partial charge on any atom is -0.275 e. The molecule has 0 radical (unpaired) electrons. The Morgan fingerprint density at radius 3 is 2.73 bits per heavy atom. The molecule has 0 atom stereocenters. The minimum absolute atomic E-state index is 0.0501. The monoisotopic (exact) mass is 206 g/mol. The van der Waals surface area contributed by atoms with Gasteiger partial charge in [0.2, 0.25) is 0 Å². The molecular formula is C7H4Cl2OS. The number of rotatable bonds is 2. The lowest BCUT2D eigenvalue weighted by Crippen LogP contribution is -1.82. The molecule has 1 heterocycles. The Morgan fingerprint density at radius 1 is 1.55 bits per heavy atom. The molecule has 0 saturated heterocycles.